The van der Waals surface area contributed by atoms with E-state index in [1.54, 1.807) is 25.7 Å². The van der Waals surface area contributed by atoms with Crippen molar-refractivity contribution < 1.29 is 13.2 Å². The second kappa shape index (κ2) is 8.55. The maximum Gasteiger partial charge on any atom is 0.235 e. The molecule has 1 atom stereocenters. The highest BCUT2D eigenvalue weighted by Gasteiger charge is 2.33. The van der Waals surface area contributed by atoms with Gasteiger partial charge in [-0.3, -0.25) is 4.79 Å². The van der Waals surface area contributed by atoms with Crippen LogP contribution < -0.4 is 0 Å². The van der Waals surface area contributed by atoms with Crippen molar-refractivity contribution >= 4 is 27.7 Å². The third kappa shape index (κ3) is 4.86. The predicted molar refractivity (Wildman–Crippen MR) is 93.6 cm³/mol. The van der Waals surface area contributed by atoms with Gasteiger partial charge in [0.15, 0.2) is 0 Å². The number of likely N-dealkylation sites (tertiary alicyclic amines) is 1. The molecule has 0 aliphatic carbocycles. The van der Waals surface area contributed by atoms with Gasteiger partial charge >= 0.3 is 0 Å². The predicted octanol–water partition coefficient (Wildman–Crippen LogP) is 2.04. The molecule has 1 rings (SSSR count). The normalized spacial score (nSPS) is 19.0. The Morgan fingerprint density at radius 1 is 1.27 bits per heavy atom. The number of hydrogen-bond donors (Lipinski definition) is 0. The molecular weight excluding hydrogens is 320 g/mol. The van der Waals surface area contributed by atoms with E-state index in [0.717, 1.165) is 18.6 Å². The smallest absolute Gasteiger partial charge is 0.235 e. The number of carbonyl (C=O) groups excluding carboxylic acids is 1. The van der Waals surface area contributed by atoms with Crippen LogP contribution in [0.15, 0.2) is 0 Å². The summed E-state index contributed by atoms with van der Waals surface area (Å²) in [5.41, 5.74) is 0. The van der Waals surface area contributed by atoms with Crippen LogP contribution in [0.5, 0.6) is 0 Å². The van der Waals surface area contributed by atoms with E-state index < -0.39 is 10.0 Å². The molecule has 1 fully saturated rings. The van der Waals surface area contributed by atoms with Gasteiger partial charge in [0, 0.05) is 26.2 Å². The van der Waals surface area contributed by atoms with E-state index in [0.29, 0.717) is 19.0 Å². The largest absolute Gasteiger partial charge is 0.342 e. The maximum absolute atomic E-state index is 12.6. The van der Waals surface area contributed by atoms with Crippen molar-refractivity contribution in [3.63, 3.8) is 0 Å². The molecule has 0 saturated carbocycles. The number of nitrogens with zero attached hydrogens (tertiary/aromatic N) is 2. The van der Waals surface area contributed by atoms with Gasteiger partial charge in [0.25, 0.3) is 0 Å². The molecule has 7 heteroatoms. The molecule has 0 spiro atoms. The summed E-state index contributed by atoms with van der Waals surface area (Å²) in [6.45, 7) is 9.21. The van der Waals surface area contributed by atoms with E-state index in [1.807, 2.05) is 4.90 Å². The third-order valence-electron chi connectivity index (χ3n) is 4.29. The molecule has 1 heterocycles. The molecule has 1 aliphatic heterocycles. The molecule has 0 bridgehead atoms. The van der Waals surface area contributed by atoms with Crippen LogP contribution >= 0.6 is 11.8 Å². The summed E-state index contributed by atoms with van der Waals surface area (Å²) in [5.74, 6) is 1.59. The number of hydrogen-bond acceptors (Lipinski definition) is 4. The third-order valence-corrected chi connectivity index (χ3v) is 7.63. The zero-order chi connectivity index (χ0) is 16.9. The highest BCUT2D eigenvalue weighted by atomic mass is 32.2. The molecule has 1 saturated heterocycles. The van der Waals surface area contributed by atoms with Crippen LogP contribution in [0.1, 0.15) is 40.5 Å². The lowest BCUT2D eigenvalue weighted by molar-refractivity contribution is -0.132. The number of piperidine rings is 1. The molecule has 0 aromatic heterocycles. The average Bonchev–Trinajstić information content (AvgIpc) is 2.51. The van der Waals surface area contributed by atoms with Gasteiger partial charge in [-0.05, 0) is 31.4 Å². The van der Waals surface area contributed by atoms with Crippen LogP contribution in [0.4, 0.5) is 0 Å². The van der Waals surface area contributed by atoms with Crippen molar-refractivity contribution in [2.75, 3.05) is 31.6 Å². The van der Waals surface area contributed by atoms with Gasteiger partial charge in [-0.15, -0.1) is 11.8 Å². The Labute approximate surface area is 139 Å². The first kappa shape index (κ1) is 19.8. The van der Waals surface area contributed by atoms with Crippen molar-refractivity contribution in [3.05, 3.63) is 0 Å². The average molecular weight is 351 g/mol. The van der Waals surface area contributed by atoms with Crippen LogP contribution in [-0.2, 0) is 14.8 Å². The number of amides is 1. The monoisotopic (exact) mass is 350 g/mol. The standard InChI is InChI=1S/C15H30N2O3S2/c1-6-21-14(12(3)4)15(18)17-10-8-13(9-11-17)16(5)22(19,20)7-2/h12-14H,6-11H2,1-5H3. The van der Waals surface area contributed by atoms with Crippen molar-refractivity contribution in [1.82, 2.24) is 9.21 Å². The van der Waals surface area contributed by atoms with Gasteiger partial charge in [0.1, 0.15) is 0 Å². The van der Waals surface area contributed by atoms with Crippen molar-refractivity contribution in [3.8, 4) is 0 Å². The maximum atomic E-state index is 12.6. The highest BCUT2D eigenvalue weighted by Crippen LogP contribution is 2.25. The molecule has 0 aromatic rings. The van der Waals surface area contributed by atoms with Gasteiger partial charge in [0.2, 0.25) is 15.9 Å². The zero-order valence-corrected chi connectivity index (χ0v) is 16.0. The SMILES string of the molecule is CCSC(C(=O)N1CCC(N(C)S(=O)(=O)CC)CC1)C(C)C. The van der Waals surface area contributed by atoms with E-state index in [-0.39, 0.29) is 23.0 Å². The zero-order valence-electron chi connectivity index (χ0n) is 14.4. The summed E-state index contributed by atoms with van der Waals surface area (Å²) in [6.07, 6.45) is 1.45. The first-order valence-electron chi connectivity index (χ1n) is 8.10. The molecule has 1 aliphatic rings. The molecule has 5 nitrogen and oxygen atoms in total. The molecule has 1 amide bonds. The molecule has 1 unspecified atom stereocenters. The number of rotatable bonds is 7. The fraction of sp³-hybridized carbons (Fsp3) is 0.933. The second-order valence-electron chi connectivity index (χ2n) is 6.09. The lowest BCUT2D eigenvalue weighted by Crippen LogP contribution is -2.50. The molecule has 0 N–H and O–H groups in total. The minimum atomic E-state index is -3.15. The van der Waals surface area contributed by atoms with Gasteiger partial charge in [-0.2, -0.15) is 0 Å². The van der Waals surface area contributed by atoms with Crippen LogP contribution in [0.25, 0.3) is 0 Å². The van der Waals surface area contributed by atoms with E-state index in [9.17, 15) is 13.2 Å². The van der Waals surface area contributed by atoms with Crippen molar-refractivity contribution in [2.45, 2.75) is 51.8 Å². The van der Waals surface area contributed by atoms with E-state index in [4.69, 9.17) is 0 Å². The summed E-state index contributed by atoms with van der Waals surface area (Å²) in [7, 11) is -1.49. The summed E-state index contributed by atoms with van der Waals surface area (Å²) < 4.78 is 25.4. The van der Waals surface area contributed by atoms with E-state index in [1.165, 1.54) is 4.31 Å². The molecule has 130 valence electrons. The van der Waals surface area contributed by atoms with E-state index in [2.05, 4.69) is 20.8 Å². The quantitative estimate of drug-likeness (QED) is 0.705. The van der Waals surface area contributed by atoms with Crippen molar-refractivity contribution in [1.29, 1.82) is 0 Å². The Bertz CT molecular complexity index is 457. The minimum absolute atomic E-state index is 0.0126. The van der Waals surface area contributed by atoms with Crippen molar-refractivity contribution in [2.24, 2.45) is 5.92 Å². The summed E-state index contributed by atoms with van der Waals surface area (Å²) >= 11 is 1.70. The first-order valence-corrected chi connectivity index (χ1v) is 10.8. The Kier molecular flexibility index (Phi) is 7.68. The van der Waals surface area contributed by atoms with Gasteiger partial charge < -0.3 is 4.90 Å². The van der Waals surface area contributed by atoms with Crippen LogP contribution in [0.3, 0.4) is 0 Å². The minimum Gasteiger partial charge on any atom is -0.342 e. The Morgan fingerprint density at radius 2 is 1.82 bits per heavy atom. The summed E-state index contributed by atoms with van der Waals surface area (Å²) in [4.78, 5) is 14.5. The summed E-state index contributed by atoms with van der Waals surface area (Å²) in [5, 5.41) is 0.0126. The van der Waals surface area contributed by atoms with Crippen LogP contribution in [-0.4, -0.2) is 66.5 Å². The molecule has 0 radical (unpaired) electrons. The second-order valence-corrected chi connectivity index (χ2v) is 9.83. The lowest BCUT2D eigenvalue weighted by atomic mass is 10.0. The topological polar surface area (TPSA) is 57.7 Å². The fourth-order valence-electron chi connectivity index (χ4n) is 2.79. The van der Waals surface area contributed by atoms with Crippen LogP contribution in [0, 0.1) is 5.92 Å². The highest BCUT2D eigenvalue weighted by molar-refractivity contribution is 8.00. The van der Waals surface area contributed by atoms with Gasteiger partial charge in [-0.25, -0.2) is 12.7 Å². The Hall–Kier alpha value is -0.270. The molecule has 22 heavy (non-hydrogen) atoms. The molecular formula is C15H30N2O3S2. The van der Waals surface area contributed by atoms with Gasteiger partial charge in [0.05, 0.1) is 11.0 Å². The Morgan fingerprint density at radius 3 is 2.23 bits per heavy atom. The number of sulfonamides is 1. The first-order chi connectivity index (χ1) is 10.2. The fourth-order valence-corrected chi connectivity index (χ4v) is 4.90. The number of carbonyl (C=O) groups is 1. The lowest BCUT2D eigenvalue weighted by Gasteiger charge is -2.37. The molecule has 0 aromatic carbocycles. The summed E-state index contributed by atoms with van der Waals surface area (Å²) in [6, 6.07) is 0.0188. The Balaban J connectivity index is 2.63. The van der Waals surface area contributed by atoms with Crippen LogP contribution in [0.2, 0.25) is 0 Å². The van der Waals surface area contributed by atoms with E-state index >= 15 is 0 Å². The number of thioether (sulfide) groups is 1. The van der Waals surface area contributed by atoms with Gasteiger partial charge in [-0.1, -0.05) is 20.8 Å².